The van der Waals surface area contributed by atoms with Crippen molar-refractivity contribution in [3.8, 4) is 5.75 Å². The highest BCUT2D eigenvalue weighted by Crippen LogP contribution is 2.41. The molecule has 2 rings (SSSR count). The standard InChI is InChI=1S/C14H21NO/c1-4-10-5-7-11(8-6-10)16-13-9-12(15)14(13,2)3/h5-8,12-13H,4,9,15H2,1-3H3. The lowest BCUT2D eigenvalue weighted by molar-refractivity contribution is -0.0399. The number of ether oxygens (including phenoxy) is 1. The Kier molecular flexibility index (Phi) is 2.94. The summed E-state index contributed by atoms with van der Waals surface area (Å²) in [4.78, 5) is 0. The lowest BCUT2D eigenvalue weighted by Gasteiger charge is -2.49. The minimum absolute atomic E-state index is 0.101. The number of benzene rings is 1. The van der Waals surface area contributed by atoms with E-state index in [0.29, 0.717) is 0 Å². The molecule has 0 aliphatic heterocycles. The van der Waals surface area contributed by atoms with Gasteiger partial charge in [-0.05, 0) is 24.1 Å². The maximum Gasteiger partial charge on any atom is 0.119 e. The van der Waals surface area contributed by atoms with Crippen molar-refractivity contribution < 1.29 is 4.74 Å². The molecule has 2 heteroatoms. The van der Waals surface area contributed by atoms with Gasteiger partial charge in [0.15, 0.2) is 0 Å². The van der Waals surface area contributed by atoms with E-state index in [9.17, 15) is 0 Å². The van der Waals surface area contributed by atoms with Gasteiger partial charge in [0.2, 0.25) is 0 Å². The fourth-order valence-electron chi connectivity index (χ4n) is 2.08. The predicted octanol–water partition coefficient (Wildman–Crippen LogP) is 2.75. The molecule has 1 aromatic carbocycles. The lowest BCUT2D eigenvalue weighted by Crippen LogP contribution is -2.60. The fraction of sp³-hybridized carbons (Fsp3) is 0.571. The summed E-state index contributed by atoms with van der Waals surface area (Å²) in [5.41, 5.74) is 7.41. The van der Waals surface area contributed by atoms with Gasteiger partial charge in [-0.2, -0.15) is 0 Å². The van der Waals surface area contributed by atoms with Crippen LogP contribution in [-0.2, 0) is 6.42 Å². The third-order valence-electron chi connectivity index (χ3n) is 3.86. The summed E-state index contributed by atoms with van der Waals surface area (Å²) in [5.74, 6) is 0.960. The van der Waals surface area contributed by atoms with Crippen LogP contribution in [0.25, 0.3) is 0 Å². The molecule has 88 valence electrons. The summed E-state index contributed by atoms with van der Waals surface area (Å²) in [7, 11) is 0. The SMILES string of the molecule is CCc1ccc(OC2CC(N)C2(C)C)cc1. The van der Waals surface area contributed by atoms with E-state index in [0.717, 1.165) is 18.6 Å². The molecule has 1 aliphatic rings. The Morgan fingerprint density at radius 2 is 1.94 bits per heavy atom. The molecule has 1 aromatic rings. The molecule has 0 radical (unpaired) electrons. The van der Waals surface area contributed by atoms with Gasteiger partial charge in [0.25, 0.3) is 0 Å². The van der Waals surface area contributed by atoms with Crippen molar-refractivity contribution in [3.63, 3.8) is 0 Å². The maximum absolute atomic E-state index is 5.97. The third-order valence-corrected chi connectivity index (χ3v) is 3.86. The molecule has 0 spiro atoms. The van der Waals surface area contributed by atoms with Crippen LogP contribution in [0, 0.1) is 5.41 Å². The van der Waals surface area contributed by atoms with Crippen molar-refractivity contribution in [3.05, 3.63) is 29.8 Å². The van der Waals surface area contributed by atoms with Crippen molar-refractivity contribution in [2.45, 2.75) is 45.8 Å². The van der Waals surface area contributed by atoms with Crippen LogP contribution in [0.2, 0.25) is 0 Å². The molecule has 2 nitrogen and oxygen atoms in total. The first kappa shape index (κ1) is 11.5. The summed E-state index contributed by atoms with van der Waals surface area (Å²) in [5, 5.41) is 0. The molecule has 1 fully saturated rings. The molecule has 0 bridgehead atoms. The van der Waals surface area contributed by atoms with Gasteiger partial charge in [0, 0.05) is 17.9 Å². The Balaban J connectivity index is 2.00. The highest BCUT2D eigenvalue weighted by atomic mass is 16.5. The van der Waals surface area contributed by atoms with E-state index in [4.69, 9.17) is 10.5 Å². The van der Waals surface area contributed by atoms with Gasteiger partial charge in [0.1, 0.15) is 11.9 Å². The Morgan fingerprint density at radius 1 is 1.31 bits per heavy atom. The first-order valence-corrected chi connectivity index (χ1v) is 6.05. The Morgan fingerprint density at radius 3 is 2.38 bits per heavy atom. The van der Waals surface area contributed by atoms with Crippen molar-refractivity contribution >= 4 is 0 Å². The summed E-state index contributed by atoms with van der Waals surface area (Å²) in [6, 6.07) is 8.63. The van der Waals surface area contributed by atoms with Crippen LogP contribution < -0.4 is 10.5 Å². The molecule has 0 heterocycles. The molecule has 1 saturated carbocycles. The van der Waals surface area contributed by atoms with Crippen LogP contribution >= 0.6 is 0 Å². The first-order valence-electron chi connectivity index (χ1n) is 6.05. The number of nitrogens with two attached hydrogens (primary N) is 1. The molecule has 0 amide bonds. The zero-order chi connectivity index (χ0) is 11.8. The highest BCUT2D eigenvalue weighted by Gasteiger charge is 2.47. The monoisotopic (exact) mass is 219 g/mol. The molecule has 0 saturated heterocycles. The third kappa shape index (κ3) is 1.94. The van der Waals surface area contributed by atoms with E-state index in [1.54, 1.807) is 0 Å². The highest BCUT2D eigenvalue weighted by molar-refractivity contribution is 5.28. The van der Waals surface area contributed by atoms with Crippen LogP contribution in [-0.4, -0.2) is 12.1 Å². The quantitative estimate of drug-likeness (QED) is 0.848. The molecule has 2 unspecified atom stereocenters. The fourth-order valence-corrected chi connectivity index (χ4v) is 2.08. The van der Waals surface area contributed by atoms with Gasteiger partial charge in [-0.25, -0.2) is 0 Å². The molecule has 0 aromatic heterocycles. The second kappa shape index (κ2) is 4.10. The van der Waals surface area contributed by atoms with Gasteiger partial charge in [-0.1, -0.05) is 32.9 Å². The average Bonchev–Trinajstić information content (AvgIpc) is 2.29. The van der Waals surface area contributed by atoms with Crippen LogP contribution in [0.5, 0.6) is 5.75 Å². The van der Waals surface area contributed by atoms with Gasteiger partial charge < -0.3 is 10.5 Å². The summed E-state index contributed by atoms with van der Waals surface area (Å²) < 4.78 is 5.96. The van der Waals surface area contributed by atoms with E-state index in [2.05, 4.69) is 45.0 Å². The maximum atomic E-state index is 5.97. The number of hydrogen-bond donors (Lipinski definition) is 1. The largest absolute Gasteiger partial charge is 0.490 e. The molecule has 16 heavy (non-hydrogen) atoms. The van der Waals surface area contributed by atoms with E-state index < -0.39 is 0 Å². The normalized spacial score (nSPS) is 27.2. The Labute approximate surface area is 97.8 Å². The second-order valence-electron chi connectivity index (χ2n) is 5.27. The van der Waals surface area contributed by atoms with Crippen LogP contribution in [0.4, 0.5) is 0 Å². The van der Waals surface area contributed by atoms with E-state index >= 15 is 0 Å². The predicted molar refractivity (Wildman–Crippen MR) is 66.6 cm³/mol. The van der Waals surface area contributed by atoms with Crippen LogP contribution in [0.15, 0.2) is 24.3 Å². The minimum atomic E-state index is 0.101. The zero-order valence-electron chi connectivity index (χ0n) is 10.4. The summed E-state index contributed by atoms with van der Waals surface area (Å²) >= 11 is 0. The van der Waals surface area contributed by atoms with E-state index in [1.807, 2.05) is 0 Å². The molecule has 2 atom stereocenters. The number of rotatable bonds is 3. The summed E-state index contributed by atoms with van der Waals surface area (Å²) in [6.07, 6.45) is 2.29. The minimum Gasteiger partial charge on any atom is -0.490 e. The van der Waals surface area contributed by atoms with Gasteiger partial charge in [-0.3, -0.25) is 0 Å². The molecule has 1 aliphatic carbocycles. The van der Waals surface area contributed by atoms with Crippen LogP contribution in [0.1, 0.15) is 32.8 Å². The van der Waals surface area contributed by atoms with Crippen molar-refractivity contribution in [1.29, 1.82) is 0 Å². The van der Waals surface area contributed by atoms with Gasteiger partial charge in [0.05, 0.1) is 0 Å². The second-order valence-corrected chi connectivity index (χ2v) is 5.27. The van der Waals surface area contributed by atoms with Crippen molar-refractivity contribution in [2.24, 2.45) is 11.1 Å². The number of hydrogen-bond acceptors (Lipinski definition) is 2. The number of aryl methyl sites for hydroxylation is 1. The van der Waals surface area contributed by atoms with Gasteiger partial charge >= 0.3 is 0 Å². The van der Waals surface area contributed by atoms with Crippen molar-refractivity contribution in [1.82, 2.24) is 0 Å². The van der Waals surface area contributed by atoms with E-state index in [-0.39, 0.29) is 17.6 Å². The average molecular weight is 219 g/mol. The van der Waals surface area contributed by atoms with Gasteiger partial charge in [-0.15, -0.1) is 0 Å². The molecular formula is C14H21NO. The summed E-state index contributed by atoms with van der Waals surface area (Å²) in [6.45, 7) is 6.50. The van der Waals surface area contributed by atoms with Crippen molar-refractivity contribution in [2.75, 3.05) is 0 Å². The Hall–Kier alpha value is -1.02. The zero-order valence-corrected chi connectivity index (χ0v) is 10.4. The molecular weight excluding hydrogens is 198 g/mol. The van der Waals surface area contributed by atoms with Crippen LogP contribution in [0.3, 0.4) is 0 Å². The topological polar surface area (TPSA) is 35.2 Å². The Bertz CT molecular complexity index is 356. The smallest absolute Gasteiger partial charge is 0.119 e. The van der Waals surface area contributed by atoms with E-state index in [1.165, 1.54) is 5.56 Å². The first-order chi connectivity index (χ1) is 7.54. The molecule has 2 N–H and O–H groups in total. The lowest BCUT2D eigenvalue weighted by atomic mass is 9.65.